The van der Waals surface area contributed by atoms with Gasteiger partial charge in [-0.05, 0) is 42.9 Å². The molecule has 1 aliphatic rings. The molecule has 0 unspecified atom stereocenters. The molecule has 2 amide bonds. The van der Waals surface area contributed by atoms with Crippen molar-refractivity contribution in [2.45, 2.75) is 32.4 Å². The monoisotopic (exact) mass is 263 g/mol. The average Bonchev–Trinajstić information content (AvgIpc) is 2.59. The Balaban J connectivity index is 2.30. The van der Waals surface area contributed by atoms with Crippen molar-refractivity contribution < 1.29 is 9.59 Å². The molecule has 4 heteroatoms. The summed E-state index contributed by atoms with van der Waals surface area (Å²) in [6.45, 7) is 6.01. The van der Waals surface area contributed by atoms with Gasteiger partial charge >= 0.3 is 0 Å². The van der Waals surface area contributed by atoms with Crippen LogP contribution < -0.4 is 4.90 Å². The lowest BCUT2D eigenvalue weighted by molar-refractivity contribution is -0.121. The van der Waals surface area contributed by atoms with Gasteiger partial charge in [0.1, 0.15) is 0 Å². The van der Waals surface area contributed by atoms with E-state index >= 15 is 0 Å². The smallest absolute Gasteiger partial charge is 0.247 e. The topological polar surface area (TPSA) is 37.4 Å². The third-order valence-corrected chi connectivity index (χ3v) is 4.33. The highest BCUT2D eigenvalue weighted by Gasteiger charge is 2.39. The first-order valence-electron chi connectivity index (χ1n) is 6.10. The summed E-state index contributed by atoms with van der Waals surface area (Å²) in [5.41, 5.74) is 2.96. The molecule has 1 fully saturated rings. The quantitative estimate of drug-likeness (QED) is 0.787. The fourth-order valence-electron chi connectivity index (χ4n) is 2.07. The van der Waals surface area contributed by atoms with Gasteiger partial charge in [-0.1, -0.05) is 13.0 Å². The summed E-state index contributed by atoms with van der Waals surface area (Å²) < 4.78 is 0. The molecule has 96 valence electrons. The van der Waals surface area contributed by atoms with Crippen LogP contribution in [0.15, 0.2) is 18.2 Å². The van der Waals surface area contributed by atoms with E-state index in [4.69, 9.17) is 0 Å². The molecule has 1 saturated heterocycles. The van der Waals surface area contributed by atoms with Crippen LogP contribution in [0.5, 0.6) is 0 Å². The Morgan fingerprint density at radius 3 is 2.61 bits per heavy atom. The molecule has 18 heavy (non-hydrogen) atoms. The van der Waals surface area contributed by atoms with Crippen molar-refractivity contribution in [1.82, 2.24) is 0 Å². The minimum absolute atomic E-state index is 0.0740. The van der Waals surface area contributed by atoms with Crippen molar-refractivity contribution in [3.8, 4) is 0 Å². The minimum atomic E-state index is -0.205. The molecule has 1 aromatic carbocycles. The fourth-order valence-corrected chi connectivity index (χ4v) is 2.98. The van der Waals surface area contributed by atoms with E-state index < -0.39 is 0 Å². The molecule has 3 nitrogen and oxygen atoms in total. The number of anilines is 1. The van der Waals surface area contributed by atoms with E-state index in [1.165, 1.54) is 4.90 Å². The number of imide groups is 1. The molecular formula is C14H17NO2S. The standard InChI is InChI=1S/C14H17NO2S/c1-4-18-12-8-13(16)15(14(12)17)11-6-5-9(2)10(3)7-11/h5-7,12H,4,8H2,1-3H3/t12-/m1/s1. The first kappa shape index (κ1) is 13.1. The number of hydrogen-bond acceptors (Lipinski definition) is 3. The largest absolute Gasteiger partial charge is 0.274 e. The molecule has 0 aromatic heterocycles. The highest BCUT2D eigenvalue weighted by atomic mass is 32.2. The van der Waals surface area contributed by atoms with Gasteiger partial charge in [-0.3, -0.25) is 9.59 Å². The fraction of sp³-hybridized carbons (Fsp3) is 0.429. The number of hydrogen-bond donors (Lipinski definition) is 0. The van der Waals surface area contributed by atoms with E-state index in [0.717, 1.165) is 16.9 Å². The van der Waals surface area contributed by atoms with Crippen LogP contribution in [-0.4, -0.2) is 22.8 Å². The van der Waals surface area contributed by atoms with Gasteiger partial charge in [0.25, 0.3) is 0 Å². The zero-order chi connectivity index (χ0) is 13.3. The highest BCUT2D eigenvalue weighted by Crippen LogP contribution is 2.30. The van der Waals surface area contributed by atoms with Crippen molar-refractivity contribution in [3.05, 3.63) is 29.3 Å². The van der Waals surface area contributed by atoms with Crippen LogP contribution in [0.3, 0.4) is 0 Å². The third kappa shape index (κ3) is 2.29. The third-order valence-electron chi connectivity index (χ3n) is 3.22. The Morgan fingerprint density at radius 2 is 2.00 bits per heavy atom. The van der Waals surface area contributed by atoms with Crippen molar-refractivity contribution in [2.24, 2.45) is 0 Å². The Bertz CT molecular complexity index is 499. The second-order valence-corrected chi connectivity index (χ2v) is 5.96. The van der Waals surface area contributed by atoms with Gasteiger partial charge in [-0.25, -0.2) is 4.90 Å². The van der Waals surface area contributed by atoms with Crippen LogP contribution in [0.25, 0.3) is 0 Å². The van der Waals surface area contributed by atoms with Crippen LogP contribution in [0.2, 0.25) is 0 Å². The maximum Gasteiger partial charge on any atom is 0.247 e. The Hall–Kier alpha value is -1.29. The summed E-state index contributed by atoms with van der Waals surface area (Å²) in [7, 11) is 0. The van der Waals surface area contributed by atoms with E-state index in [2.05, 4.69) is 0 Å². The van der Waals surface area contributed by atoms with Gasteiger partial charge < -0.3 is 0 Å². The number of carbonyl (C=O) groups is 2. The summed E-state index contributed by atoms with van der Waals surface area (Å²) in [4.78, 5) is 25.5. The molecule has 0 N–H and O–H groups in total. The first-order valence-corrected chi connectivity index (χ1v) is 7.15. The molecule has 0 aliphatic carbocycles. The predicted molar refractivity (Wildman–Crippen MR) is 74.9 cm³/mol. The second-order valence-electron chi connectivity index (χ2n) is 4.48. The SMILES string of the molecule is CCS[C@@H]1CC(=O)N(c2ccc(C)c(C)c2)C1=O. The molecule has 0 bridgehead atoms. The van der Waals surface area contributed by atoms with Gasteiger partial charge in [0.2, 0.25) is 11.8 Å². The van der Waals surface area contributed by atoms with Gasteiger partial charge in [-0.2, -0.15) is 0 Å². The lowest BCUT2D eigenvalue weighted by Crippen LogP contribution is -2.31. The van der Waals surface area contributed by atoms with E-state index in [0.29, 0.717) is 12.1 Å². The summed E-state index contributed by atoms with van der Waals surface area (Å²) in [5.74, 6) is 0.689. The molecule has 1 atom stereocenters. The molecule has 0 saturated carbocycles. The minimum Gasteiger partial charge on any atom is -0.274 e. The lowest BCUT2D eigenvalue weighted by atomic mass is 10.1. The zero-order valence-electron chi connectivity index (χ0n) is 10.9. The van der Waals surface area contributed by atoms with E-state index in [1.807, 2.05) is 39.0 Å². The van der Waals surface area contributed by atoms with Crippen molar-refractivity contribution in [2.75, 3.05) is 10.7 Å². The maximum atomic E-state index is 12.2. The second kappa shape index (κ2) is 5.14. The summed E-state index contributed by atoms with van der Waals surface area (Å²) >= 11 is 1.54. The highest BCUT2D eigenvalue weighted by molar-refractivity contribution is 8.00. The molecule has 0 spiro atoms. The van der Waals surface area contributed by atoms with E-state index in [9.17, 15) is 9.59 Å². The van der Waals surface area contributed by atoms with Crippen LogP contribution in [-0.2, 0) is 9.59 Å². The predicted octanol–water partition coefficient (Wildman–Crippen LogP) is 2.69. The van der Waals surface area contributed by atoms with Crippen molar-refractivity contribution in [3.63, 3.8) is 0 Å². The number of benzene rings is 1. The van der Waals surface area contributed by atoms with Crippen LogP contribution in [0, 0.1) is 13.8 Å². The molecule has 2 rings (SSSR count). The number of amides is 2. The maximum absolute atomic E-state index is 12.2. The summed E-state index contributed by atoms with van der Waals surface area (Å²) in [5, 5.41) is -0.205. The van der Waals surface area contributed by atoms with Crippen LogP contribution in [0.4, 0.5) is 5.69 Å². The van der Waals surface area contributed by atoms with Gasteiger partial charge in [0, 0.05) is 6.42 Å². The van der Waals surface area contributed by atoms with E-state index in [-0.39, 0.29) is 17.1 Å². The Labute approximate surface area is 112 Å². The molecule has 0 radical (unpaired) electrons. The first-order chi connectivity index (χ1) is 8.54. The molecule has 1 heterocycles. The van der Waals surface area contributed by atoms with Crippen molar-refractivity contribution >= 4 is 29.3 Å². The molecular weight excluding hydrogens is 246 g/mol. The summed E-state index contributed by atoms with van der Waals surface area (Å²) in [6, 6.07) is 5.70. The number of rotatable bonds is 3. The normalized spacial score (nSPS) is 19.7. The number of carbonyl (C=O) groups excluding carboxylic acids is 2. The van der Waals surface area contributed by atoms with Crippen LogP contribution >= 0.6 is 11.8 Å². The Kier molecular flexibility index (Phi) is 3.76. The lowest BCUT2D eigenvalue weighted by Gasteiger charge is -2.16. The molecule has 1 aliphatic heterocycles. The van der Waals surface area contributed by atoms with Gasteiger partial charge in [0.05, 0.1) is 10.9 Å². The molecule has 1 aromatic rings. The van der Waals surface area contributed by atoms with E-state index in [1.54, 1.807) is 11.8 Å². The van der Waals surface area contributed by atoms with Gasteiger partial charge in [-0.15, -0.1) is 11.8 Å². The number of nitrogens with zero attached hydrogens (tertiary/aromatic N) is 1. The number of thioether (sulfide) groups is 1. The summed E-state index contributed by atoms with van der Waals surface area (Å²) in [6.07, 6.45) is 0.324. The average molecular weight is 263 g/mol. The van der Waals surface area contributed by atoms with Crippen LogP contribution in [0.1, 0.15) is 24.5 Å². The van der Waals surface area contributed by atoms with Crippen molar-refractivity contribution in [1.29, 1.82) is 0 Å². The number of aryl methyl sites for hydroxylation is 2. The zero-order valence-corrected chi connectivity index (χ0v) is 11.7. The van der Waals surface area contributed by atoms with Gasteiger partial charge in [0.15, 0.2) is 0 Å². The Morgan fingerprint density at radius 1 is 1.28 bits per heavy atom.